The van der Waals surface area contributed by atoms with Gasteiger partial charge in [0.1, 0.15) is 5.82 Å². The molecule has 7 nitrogen and oxygen atoms in total. The molecule has 27 heavy (non-hydrogen) atoms. The Morgan fingerprint density at radius 3 is 2.85 bits per heavy atom. The molecule has 0 unspecified atom stereocenters. The molecule has 0 atom stereocenters. The second kappa shape index (κ2) is 8.25. The van der Waals surface area contributed by atoms with E-state index in [0.29, 0.717) is 41.0 Å². The van der Waals surface area contributed by atoms with Gasteiger partial charge in [0.15, 0.2) is 0 Å². The Morgan fingerprint density at radius 2 is 2.07 bits per heavy atom. The fourth-order valence-electron chi connectivity index (χ4n) is 2.75. The lowest BCUT2D eigenvalue weighted by atomic mass is 10.1. The van der Waals surface area contributed by atoms with Crippen molar-refractivity contribution in [1.82, 2.24) is 14.9 Å². The van der Waals surface area contributed by atoms with Crippen LogP contribution in [0.25, 0.3) is 10.9 Å². The van der Waals surface area contributed by atoms with Crippen molar-refractivity contribution in [2.75, 3.05) is 20.3 Å². The number of hydrogen-bond acceptors (Lipinski definition) is 5. The smallest absolute Gasteiger partial charge is 0.258 e. The number of ether oxygens (including phenoxy) is 1. The third-order valence-electron chi connectivity index (χ3n) is 4.09. The molecular formula is C20H18N4O3. The average molecular weight is 362 g/mol. The first-order chi connectivity index (χ1) is 13.1. The SMILES string of the molecule is COCCN(Cc1nc2ccccc2c(=O)[nH]1)C(=O)c1cccc(C#N)c1. The van der Waals surface area contributed by atoms with E-state index in [1.54, 1.807) is 55.6 Å². The minimum Gasteiger partial charge on any atom is -0.383 e. The molecule has 3 aromatic rings. The number of aromatic amines is 1. The lowest BCUT2D eigenvalue weighted by Gasteiger charge is -2.22. The van der Waals surface area contributed by atoms with Crippen LogP contribution in [0, 0.1) is 11.3 Å². The summed E-state index contributed by atoms with van der Waals surface area (Å²) in [7, 11) is 1.55. The van der Waals surface area contributed by atoms with Gasteiger partial charge in [0, 0.05) is 19.2 Å². The summed E-state index contributed by atoms with van der Waals surface area (Å²) in [6.07, 6.45) is 0. The number of nitriles is 1. The van der Waals surface area contributed by atoms with Crippen LogP contribution in [0.1, 0.15) is 21.7 Å². The van der Waals surface area contributed by atoms with Gasteiger partial charge in [-0.05, 0) is 30.3 Å². The third-order valence-corrected chi connectivity index (χ3v) is 4.09. The fourth-order valence-corrected chi connectivity index (χ4v) is 2.75. The van der Waals surface area contributed by atoms with Gasteiger partial charge in [-0.15, -0.1) is 0 Å². The molecule has 0 spiro atoms. The van der Waals surface area contributed by atoms with Crippen LogP contribution in [0.4, 0.5) is 0 Å². The van der Waals surface area contributed by atoms with E-state index in [-0.39, 0.29) is 18.0 Å². The highest BCUT2D eigenvalue weighted by Gasteiger charge is 2.18. The summed E-state index contributed by atoms with van der Waals surface area (Å²) in [5, 5.41) is 9.54. The van der Waals surface area contributed by atoms with Gasteiger partial charge < -0.3 is 14.6 Å². The van der Waals surface area contributed by atoms with Gasteiger partial charge in [-0.25, -0.2) is 4.98 Å². The quantitative estimate of drug-likeness (QED) is 0.724. The number of rotatable bonds is 6. The molecule has 7 heteroatoms. The number of para-hydroxylation sites is 1. The van der Waals surface area contributed by atoms with Crippen molar-refractivity contribution in [3.05, 3.63) is 75.8 Å². The maximum absolute atomic E-state index is 12.9. The van der Waals surface area contributed by atoms with E-state index in [1.165, 1.54) is 4.90 Å². The van der Waals surface area contributed by atoms with Gasteiger partial charge in [-0.3, -0.25) is 9.59 Å². The van der Waals surface area contributed by atoms with Gasteiger partial charge in [0.05, 0.1) is 35.7 Å². The van der Waals surface area contributed by atoms with Crippen LogP contribution in [0.3, 0.4) is 0 Å². The first-order valence-corrected chi connectivity index (χ1v) is 8.38. The minimum absolute atomic E-state index is 0.124. The Labute approximate surface area is 155 Å². The van der Waals surface area contributed by atoms with Crippen LogP contribution in [0.5, 0.6) is 0 Å². The highest BCUT2D eigenvalue weighted by atomic mass is 16.5. The summed E-state index contributed by atoms with van der Waals surface area (Å²) >= 11 is 0. The molecule has 136 valence electrons. The number of benzene rings is 2. The number of nitrogens with one attached hydrogen (secondary N) is 1. The molecule has 1 heterocycles. The molecule has 0 aliphatic carbocycles. The number of carbonyl (C=O) groups excluding carboxylic acids is 1. The predicted molar refractivity (Wildman–Crippen MR) is 100 cm³/mol. The zero-order chi connectivity index (χ0) is 19.2. The zero-order valence-electron chi connectivity index (χ0n) is 14.8. The second-order valence-corrected chi connectivity index (χ2v) is 5.94. The van der Waals surface area contributed by atoms with E-state index in [4.69, 9.17) is 10.00 Å². The van der Waals surface area contributed by atoms with E-state index in [2.05, 4.69) is 9.97 Å². The van der Waals surface area contributed by atoms with Gasteiger partial charge in [-0.2, -0.15) is 5.26 Å². The molecule has 1 aromatic heterocycles. The number of methoxy groups -OCH3 is 1. The molecule has 3 rings (SSSR count). The molecule has 0 fully saturated rings. The average Bonchev–Trinajstić information content (AvgIpc) is 2.70. The molecule has 2 aromatic carbocycles. The summed E-state index contributed by atoms with van der Waals surface area (Å²) < 4.78 is 5.10. The van der Waals surface area contributed by atoms with Crippen molar-refractivity contribution in [1.29, 1.82) is 5.26 Å². The van der Waals surface area contributed by atoms with Crippen molar-refractivity contribution < 1.29 is 9.53 Å². The zero-order valence-corrected chi connectivity index (χ0v) is 14.8. The predicted octanol–water partition coefficient (Wildman–Crippen LogP) is 2.08. The monoisotopic (exact) mass is 362 g/mol. The van der Waals surface area contributed by atoms with Crippen LogP contribution >= 0.6 is 0 Å². The maximum atomic E-state index is 12.9. The highest BCUT2D eigenvalue weighted by molar-refractivity contribution is 5.94. The van der Waals surface area contributed by atoms with E-state index < -0.39 is 0 Å². The van der Waals surface area contributed by atoms with Gasteiger partial charge in [0.2, 0.25) is 0 Å². The van der Waals surface area contributed by atoms with Crippen molar-refractivity contribution in [3.63, 3.8) is 0 Å². The number of hydrogen-bond donors (Lipinski definition) is 1. The Balaban J connectivity index is 1.92. The first-order valence-electron chi connectivity index (χ1n) is 8.38. The van der Waals surface area contributed by atoms with Crippen LogP contribution in [0.2, 0.25) is 0 Å². The first kappa shape index (κ1) is 18.3. The van der Waals surface area contributed by atoms with Crippen LogP contribution in [-0.2, 0) is 11.3 Å². The Hall–Kier alpha value is -3.50. The fraction of sp³-hybridized carbons (Fsp3) is 0.200. The molecular weight excluding hydrogens is 344 g/mol. The lowest BCUT2D eigenvalue weighted by molar-refractivity contribution is 0.0675. The summed E-state index contributed by atoms with van der Waals surface area (Å²) in [4.78, 5) is 33.9. The number of amides is 1. The molecule has 0 aliphatic rings. The highest BCUT2D eigenvalue weighted by Crippen LogP contribution is 2.12. The van der Waals surface area contributed by atoms with E-state index in [0.717, 1.165) is 0 Å². The van der Waals surface area contributed by atoms with E-state index in [1.807, 2.05) is 6.07 Å². The van der Waals surface area contributed by atoms with E-state index in [9.17, 15) is 9.59 Å². The minimum atomic E-state index is -0.264. The molecule has 1 amide bonds. The van der Waals surface area contributed by atoms with E-state index >= 15 is 0 Å². The molecule has 0 aliphatic heterocycles. The standard InChI is InChI=1S/C20H18N4O3/c1-27-10-9-24(20(26)15-6-4-5-14(11-15)12-21)13-18-22-17-8-3-2-7-16(17)19(25)23-18/h2-8,11H,9-10,13H2,1H3,(H,22,23,25). The Morgan fingerprint density at radius 1 is 1.26 bits per heavy atom. The Kier molecular flexibility index (Phi) is 5.59. The summed E-state index contributed by atoms with van der Waals surface area (Å²) in [5.74, 6) is 0.125. The van der Waals surface area contributed by atoms with Gasteiger partial charge >= 0.3 is 0 Å². The number of aromatic nitrogens is 2. The normalized spacial score (nSPS) is 10.5. The molecule has 0 saturated heterocycles. The van der Waals surface area contributed by atoms with Crippen LogP contribution < -0.4 is 5.56 Å². The summed E-state index contributed by atoms with van der Waals surface area (Å²) in [6.45, 7) is 0.781. The van der Waals surface area contributed by atoms with Gasteiger partial charge in [0.25, 0.3) is 11.5 Å². The largest absolute Gasteiger partial charge is 0.383 e. The van der Waals surface area contributed by atoms with Crippen molar-refractivity contribution >= 4 is 16.8 Å². The Bertz CT molecular complexity index is 1070. The molecule has 0 radical (unpaired) electrons. The summed E-state index contributed by atoms with van der Waals surface area (Å²) in [6, 6.07) is 15.6. The molecule has 0 bridgehead atoms. The van der Waals surface area contributed by atoms with Crippen LogP contribution in [0.15, 0.2) is 53.3 Å². The number of carbonyl (C=O) groups is 1. The lowest BCUT2D eigenvalue weighted by Crippen LogP contribution is -2.34. The molecule has 0 saturated carbocycles. The number of H-pyrrole nitrogens is 1. The van der Waals surface area contributed by atoms with Crippen LogP contribution in [-0.4, -0.2) is 41.0 Å². The maximum Gasteiger partial charge on any atom is 0.258 e. The topological polar surface area (TPSA) is 99.1 Å². The number of nitrogens with zero attached hydrogens (tertiary/aromatic N) is 3. The van der Waals surface area contributed by atoms with Crippen molar-refractivity contribution in [2.24, 2.45) is 0 Å². The number of fused-ring (bicyclic) bond motifs is 1. The third kappa shape index (κ3) is 4.19. The summed E-state index contributed by atoms with van der Waals surface area (Å²) in [5.41, 5.74) is 1.13. The van der Waals surface area contributed by atoms with Crippen molar-refractivity contribution in [2.45, 2.75) is 6.54 Å². The van der Waals surface area contributed by atoms with Gasteiger partial charge in [-0.1, -0.05) is 18.2 Å². The van der Waals surface area contributed by atoms with Crippen molar-refractivity contribution in [3.8, 4) is 6.07 Å². The molecule has 1 N–H and O–H groups in total. The second-order valence-electron chi connectivity index (χ2n) is 5.94.